The number of allylic oxidation sites excluding steroid dienone is 1. The highest BCUT2D eigenvalue weighted by Crippen LogP contribution is 2.28. The van der Waals surface area contributed by atoms with Crippen molar-refractivity contribution in [3.05, 3.63) is 46.0 Å². The fourth-order valence-corrected chi connectivity index (χ4v) is 11.8. The average Bonchev–Trinajstić information content (AvgIpc) is 0.812. The third-order valence-corrected chi connectivity index (χ3v) is 17.7. The van der Waals surface area contributed by atoms with E-state index in [1.807, 2.05) is 68.4 Å². The topological polar surface area (TPSA) is 302 Å². The van der Waals surface area contributed by atoms with Gasteiger partial charge < -0.3 is 55.6 Å². The number of carbonyl (C=O) groups excluding carboxylic acids is 11. The molecule has 0 bridgehead atoms. The Morgan fingerprint density at radius 3 is 1.44 bits per heavy atom. The van der Waals surface area contributed by atoms with Crippen LogP contribution in [0.3, 0.4) is 0 Å². The van der Waals surface area contributed by atoms with E-state index in [1.54, 1.807) is 59.8 Å². The van der Waals surface area contributed by atoms with Crippen molar-refractivity contribution in [1.29, 1.82) is 0 Å². The highest BCUT2D eigenvalue weighted by Gasteiger charge is 2.45. The van der Waals surface area contributed by atoms with Crippen molar-refractivity contribution in [1.82, 2.24) is 55.6 Å². The van der Waals surface area contributed by atoms with E-state index in [1.165, 1.54) is 105 Å². The lowest BCUT2D eigenvalue weighted by atomic mass is 9.84. The van der Waals surface area contributed by atoms with Crippen LogP contribution in [0, 0.1) is 57.5 Å². The minimum absolute atomic E-state index is 0.0424. The lowest BCUT2D eigenvalue weighted by molar-refractivity contribution is -0.384. The molecular weight excluding hydrogens is 1190 g/mol. The summed E-state index contributed by atoms with van der Waals surface area (Å²) in [5.74, 6) is -9.91. The maximum Gasteiger partial charge on any atom is 0.270 e. The normalized spacial score (nSPS) is 25.5. The predicted octanol–water partition coefficient (Wildman–Crippen LogP) is 5.59. The second-order valence-electron chi connectivity index (χ2n) is 28.1. The van der Waals surface area contributed by atoms with Crippen molar-refractivity contribution in [2.24, 2.45) is 47.3 Å². The molecule has 1 saturated heterocycles. The number of non-ortho nitro benzene ring substituents is 1. The summed E-state index contributed by atoms with van der Waals surface area (Å²) in [6.45, 7) is 29.6. The number of hydrogen-bond acceptors (Lipinski definition) is 13. The van der Waals surface area contributed by atoms with Gasteiger partial charge in [-0.1, -0.05) is 128 Å². The lowest BCUT2D eigenvalue weighted by Gasteiger charge is -2.42. The van der Waals surface area contributed by atoms with Crippen LogP contribution in [-0.2, 0) is 52.7 Å². The number of nitrogens with one attached hydrogen (secondary N) is 4. The zero-order chi connectivity index (χ0) is 71.5. The second-order valence-corrected chi connectivity index (χ2v) is 28.1. The van der Waals surface area contributed by atoms with Gasteiger partial charge in [-0.15, -0.1) is 0 Å². The first-order valence-electron chi connectivity index (χ1n) is 33.0. The van der Waals surface area contributed by atoms with E-state index >= 15 is 19.2 Å². The minimum Gasteiger partial charge on any atom is -0.343 e. The maximum absolute atomic E-state index is 15.5. The number of amides is 11. The molecule has 25 heteroatoms. The molecule has 1 aliphatic rings. The average molecular weight is 1310 g/mol. The van der Waals surface area contributed by atoms with Crippen LogP contribution in [0.4, 0.5) is 5.69 Å². The van der Waals surface area contributed by atoms with Gasteiger partial charge in [0, 0.05) is 61.5 Å². The molecule has 1 aromatic carbocycles. The molecule has 0 unspecified atom stereocenters. The summed E-state index contributed by atoms with van der Waals surface area (Å²) in [5.41, 5.74) is 0.472. The smallest absolute Gasteiger partial charge is 0.270 e. The van der Waals surface area contributed by atoms with Crippen molar-refractivity contribution in [3.63, 3.8) is 0 Å². The van der Waals surface area contributed by atoms with Crippen LogP contribution in [0.15, 0.2) is 30.3 Å². The molecule has 1 aromatic rings. The number of likely N-dealkylation sites (N-methyl/N-ethyl adjacent to an activating group) is 7. The third kappa shape index (κ3) is 22.9. The van der Waals surface area contributed by atoms with Gasteiger partial charge in [-0.05, 0) is 105 Å². The largest absolute Gasteiger partial charge is 0.343 e. The van der Waals surface area contributed by atoms with Crippen molar-refractivity contribution in [2.75, 3.05) is 55.9 Å². The summed E-state index contributed by atoms with van der Waals surface area (Å²) in [6, 6.07) is -5.93. The van der Waals surface area contributed by atoms with Crippen LogP contribution >= 0.6 is 0 Å². The Labute approximate surface area is 553 Å². The van der Waals surface area contributed by atoms with Crippen molar-refractivity contribution >= 4 is 76.7 Å². The molecule has 0 spiro atoms. The minimum atomic E-state index is -1.30. The standard InChI is InChI=1S/C68H114N12O13/c1-25-50-64(87)73(18)37-55(81)74(19)51(32-38(2)3)61(84)72-56(42(10)11)67(90)75(20)52(33-39(4)5)60(83)69-46(16)59(82)70-47(17)63(86)76(21)53(34-40(6)7)65(88)77(22)54(35-41(8)9)66(89)78(23)57(43(12)13)68(91)79(24)58(62(85)71-50)45(15)44(14)28-26-29-48-30-27-31-49(36-48)80(92)93/h26-27,29-31,36,38-47,50-54,56-58H,25,28,32-35,37H2,1-24H3,(H,69,83)(H,70,82)(H,71,85)(H,72,84)/b29-26+/t44-,45-,46+,47-,50+,51+,52+,53+,54+,56+,57+,58+/m1/s1. The Hall–Kier alpha value is -7.47. The maximum atomic E-state index is 15.5. The molecule has 524 valence electrons. The molecule has 25 nitrogen and oxygen atoms in total. The molecule has 1 fully saturated rings. The van der Waals surface area contributed by atoms with Gasteiger partial charge in [0.1, 0.15) is 60.4 Å². The first kappa shape index (κ1) is 81.6. The summed E-state index contributed by atoms with van der Waals surface area (Å²) in [6.07, 6.45) is 4.50. The van der Waals surface area contributed by atoms with E-state index in [0.29, 0.717) is 12.0 Å². The predicted molar refractivity (Wildman–Crippen MR) is 359 cm³/mol. The Balaban J connectivity index is 3.01. The zero-order valence-electron chi connectivity index (χ0n) is 60.2. The Bertz CT molecular complexity index is 2810. The Morgan fingerprint density at radius 2 is 0.957 bits per heavy atom. The molecule has 1 aliphatic heterocycles. The van der Waals surface area contributed by atoms with E-state index in [4.69, 9.17) is 0 Å². The number of carbonyl (C=O) groups is 11. The Kier molecular flexibility index (Phi) is 32.3. The number of rotatable bonds is 17. The van der Waals surface area contributed by atoms with Gasteiger partial charge in [-0.2, -0.15) is 0 Å². The fourth-order valence-electron chi connectivity index (χ4n) is 11.8. The summed E-state index contributed by atoms with van der Waals surface area (Å²) in [7, 11) is 10.1. The molecule has 2 rings (SSSR count). The first-order chi connectivity index (χ1) is 43.0. The van der Waals surface area contributed by atoms with Crippen molar-refractivity contribution < 1.29 is 57.7 Å². The van der Waals surface area contributed by atoms with Crippen LogP contribution in [0.5, 0.6) is 0 Å². The van der Waals surface area contributed by atoms with Crippen LogP contribution in [0.2, 0.25) is 0 Å². The number of nitro benzene ring substituents is 1. The first-order valence-corrected chi connectivity index (χ1v) is 33.0. The molecule has 0 aromatic heterocycles. The van der Waals surface area contributed by atoms with Gasteiger partial charge in [0.25, 0.3) is 5.69 Å². The molecule has 1 heterocycles. The molecule has 0 radical (unpaired) electrons. The highest BCUT2D eigenvalue weighted by atomic mass is 16.6. The van der Waals surface area contributed by atoms with Gasteiger partial charge in [0.05, 0.1) is 11.5 Å². The molecular formula is C68H114N12O13. The van der Waals surface area contributed by atoms with E-state index in [9.17, 15) is 43.7 Å². The highest BCUT2D eigenvalue weighted by molar-refractivity contribution is 5.99. The number of nitrogens with zero attached hydrogens (tertiary/aromatic N) is 8. The quantitative estimate of drug-likeness (QED) is 0.109. The van der Waals surface area contributed by atoms with E-state index in [-0.39, 0.29) is 67.4 Å². The summed E-state index contributed by atoms with van der Waals surface area (Å²) < 4.78 is 0. The van der Waals surface area contributed by atoms with Gasteiger partial charge >= 0.3 is 0 Å². The lowest BCUT2D eigenvalue weighted by Crippen LogP contribution is -2.62. The van der Waals surface area contributed by atoms with E-state index < -0.39 is 155 Å². The summed E-state index contributed by atoms with van der Waals surface area (Å²) >= 11 is 0. The van der Waals surface area contributed by atoms with Crippen LogP contribution in [0.25, 0.3) is 6.08 Å². The van der Waals surface area contributed by atoms with Crippen LogP contribution in [-0.4, -0.2) is 220 Å². The molecule has 12 atom stereocenters. The molecule has 0 aliphatic carbocycles. The van der Waals surface area contributed by atoms with E-state index in [0.717, 1.165) is 4.90 Å². The summed E-state index contributed by atoms with van der Waals surface area (Å²) in [5, 5.41) is 22.7. The van der Waals surface area contributed by atoms with Crippen molar-refractivity contribution in [3.8, 4) is 0 Å². The van der Waals surface area contributed by atoms with Gasteiger partial charge in [0.2, 0.25) is 65.0 Å². The van der Waals surface area contributed by atoms with Gasteiger partial charge in [-0.25, -0.2) is 0 Å². The fraction of sp³-hybridized carbons (Fsp3) is 0.721. The van der Waals surface area contributed by atoms with Gasteiger partial charge in [0.15, 0.2) is 0 Å². The molecule has 4 N–H and O–H groups in total. The van der Waals surface area contributed by atoms with E-state index in [2.05, 4.69) is 21.3 Å². The van der Waals surface area contributed by atoms with Gasteiger partial charge in [-0.3, -0.25) is 62.9 Å². The SMILES string of the molecule is CC[C@@H]1NC(=O)[C@H]([C@H](C)[C@H](C)C/C=C/c2cccc([N+](=O)[O-])c2)N(C)C(=O)[C@H](C(C)C)N(C)C(=O)[C@H](CC(C)C)N(C)C(=O)[C@H](CC(C)C)N(C)C(=O)[C@@H](C)NC(=O)[C@H](C)NC(=O)[C@H](CC(C)C)N(C)C(=O)[C@H](C(C)C)NC(=O)[C@H](CC(C)C)N(C)C(=O)CN(C)C1=O. The summed E-state index contributed by atoms with van der Waals surface area (Å²) in [4.78, 5) is 182. The number of benzene rings is 1. The molecule has 0 saturated carbocycles. The molecule has 93 heavy (non-hydrogen) atoms. The van der Waals surface area contributed by atoms with Crippen LogP contribution in [0.1, 0.15) is 162 Å². The third-order valence-electron chi connectivity index (χ3n) is 17.7. The number of nitro groups is 1. The van der Waals surface area contributed by atoms with Crippen LogP contribution < -0.4 is 21.3 Å². The molecule has 11 amide bonds. The Morgan fingerprint density at radius 1 is 0.505 bits per heavy atom. The second kappa shape index (κ2) is 36.8. The van der Waals surface area contributed by atoms with Crippen molar-refractivity contribution in [2.45, 2.75) is 217 Å². The zero-order valence-corrected chi connectivity index (χ0v) is 60.2. The monoisotopic (exact) mass is 1310 g/mol. The number of hydrogen-bond donors (Lipinski definition) is 4.